The van der Waals surface area contributed by atoms with Crippen LogP contribution in [0.5, 0.6) is 5.75 Å². The predicted octanol–water partition coefficient (Wildman–Crippen LogP) is 3.63. The standard InChI is InChI=1S/C21H16F2N6O/c1-10-11(2-5-18(23)27-10)13-7-24-21(29-9-26-28-20(13)29)25-8-14-15(22)3-4-16-19(14)12-6-17(12)30-16/h2-5,7,9,12,17H,6,8H2,1H3,(H,24,25)/t12-,17?/m0/s1. The summed E-state index contributed by atoms with van der Waals surface area (Å²) in [5.74, 6) is 0.731. The fourth-order valence-corrected chi connectivity index (χ4v) is 4.20. The first-order chi connectivity index (χ1) is 14.6. The van der Waals surface area contributed by atoms with Crippen LogP contribution >= 0.6 is 0 Å². The maximum atomic E-state index is 14.6. The van der Waals surface area contributed by atoms with E-state index in [1.54, 1.807) is 29.7 Å². The van der Waals surface area contributed by atoms with Gasteiger partial charge < -0.3 is 10.1 Å². The van der Waals surface area contributed by atoms with Gasteiger partial charge in [-0.25, -0.2) is 14.4 Å². The Kier molecular flexibility index (Phi) is 3.56. The highest BCUT2D eigenvalue weighted by Gasteiger charge is 2.49. The highest BCUT2D eigenvalue weighted by molar-refractivity contribution is 5.78. The molecule has 3 aromatic heterocycles. The zero-order valence-electron chi connectivity index (χ0n) is 15.9. The number of aryl methyl sites for hydroxylation is 1. The molecule has 1 N–H and O–H groups in total. The lowest BCUT2D eigenvalue weighted by atomic mass is 10.0. The lowest BCUT2D eigenvalue weighted by molar-refractivity contribution is 0.318. The van der Waals surface area contributed by atoms with E-state index in [1.165, 1.54) is 18.5 Å². The maximum absolute atomic E-state index is 14.6. The second kappa shape index (κ2) is 6.19. The molecule has 4 aromatic rings. The van der Waals surface area contributed by atoms with Gasteiger partial charge in [-0.1, -0.05) is 0 Å². The highest BCUT2D eigenvalue weighted by Crippen LogP contribution is 2.55. The molecule has 1 unspecified atom stereocenters. The third-order valence-corrected chi connectivity index (χ3v) is 5.74. The molecule has 1 fully saturated rings. The lowest BCUT2D eigenvalue weighted by Gasteiger charge is -2.14. The van der Waals surface area contributed by atoms with Gasteiger partial charge in [0.1, 0.15) is 24.0 Å². The molecule has 2 atom stereocenters. The summed E-state index contributed by atoms with van der Waals surface area (Å²) in [6.45, 7) is 1.99. The molecule has 2 aliphatic rings. The first-order valence-electron chi connectivity index (χ1n) is 9.64. The topological polar surface area (TPSA) is 77.2 Å². The SMILES string of the molecule is Cc1nc(F)ccc1-c1cnc(NCc2c(F)ccc3c2[C@H]2CC2O3)n2cnnc12. The van der Waals surface area contributed by atoms with E-state index in [1.807, 2.05) is 0 Å². The number of hydrogen-bond donors (Lipinski definition) is 1. The van der Waals surface area contributed by atoms with E-state index in [-0.39, 0.29) is 24.4 Å². The molecule has 6 rings (SSSR count). The summed E-state index contributed by atoms with van der Waals surface area (Å²) in [5.41, 5.74) is 4.04. The fraction of sp³-hybridized carbons (Fsp3) is 0.238. The Bertz CT molecular complexity index is 1320. The van der Waals surface area contributed by atoms with Crippen molar-refractivity contribution in [2.45, 2.75) is 31.9 Å². The van der Waals surface area contributed by atoms with Crippen molar-refractivity contribution in [3.05, 3.63) is 65.4 Å². The van der Waals surface area contributed by atoms with Crippen LogP contribution in [0.4, 0.5) is 14.7 Å². The summed E-state index contributed by atoms with van der Waals surface area (Å²) in [4.78, 5) is 8.36. The third-order valence-electron chi connectivity index (χ3n) is 5.74. The van der Waals surface area contributed by atoms with E-state index in [9.17, 15) is 8.78 Å². The zero-order chi connectivity index (χ0) is 20.4. The number of aromatic nitrogens is 5. The molecule has 0 amide bonds. The molecule has 1 saturated carbocycles. The molecule has 150 valence electrons. The molecule has 1 aliphatic carbocycles. The van der Waals surface area contributed by atoms with E-state index in [0.717, 1.165) is 23.3 Å². The first-order valence-corrected chi connectivity index (χ1v) is 9.64. The van der Waals surface area contributed by atoms with Gasteiger partial charge in [0.05, 0.1) is 0 Å². The van der Waals surface area contributed by atoms with Gasteiger partial charge in [0.2, 0.25) is 11.9 Å². The molecule has 0 spiro atoms. The number of ether oxygens (including phenoxy) is 1. The van der Waals surface area contributed by atoms with Crippen LogP contribution in [0.1, 0.15) is 29.2 Å². The average molecular weight is 406 g/mol. The van der Waals surface area contributed by atoms with Crippen molar-refractivity contribution in [1.29, 1.82) is 0 Å². The second-order valence-corrected chi connectivity index (χ2v) is 7.58. The molecule has 30 heavy (non-hydrogen) atoms. The van der Waals surface area contributed by atoms with E-state index < -0.39 is 5.95 Å². The molecule has 9 heteroatoms. The van der Waals surface area contributed by atoms with Gasteiger partial charge >= 0.3 is 0 Å². The number of nitrogens with zero attached hydrogens (tertiary/aromatic N) is 5. The van der Waals surface area contributed by atoms with Gasteiger partial charge in [-0.2, -0.15) is 4.39 Å². The van der Waals surface area contributed by atoms with Crippen LogP contribution in [0.3, 0.4) is 0 Å². The molecule has 0 saturated heterocycles. The van der Waals surface area contributed by atoms with Crippen LogP contribution in [0.25, 0.3) is 16.8 Å². The molecule has 0 radical (unpaired) electrons. The summed E-state index contributed by atoms with van der Waals surface area (Å²) >= 11 is 0. The van der Waals surface area contributed by atoms with Crippen molar-refractivity contribution in [2.24, 2.45) is 0 Å². The van der Waals surface area contributed by atoms with Crippen molar-refractivity contribution in [3.8, 4) is 16.9 Å². The number of benzene rings is 1. The largest absolute Gasteiger partial charge is 0.489 e. The Morgan fingerprint density at radius 1 is 1.20 bits per heavy atom. The molecular formula is C21H16F2N6O. The Morgan fingerprint density at radius 2 is 2.10 bits per heavy atom. The monoisotopic (exact) mass is 406 g/mol. The molecule has 7 nitrogen and oxygen atoms in total. The van der Waals surface area contributed by atoms with Crippen molar-refractivity contribution in [2.75, 3.05) is 5.32 Å². The summed E-state index contributed by atoms with van der Waals surface area (Å²) in [6.07, 6.45) is 4.30. The molecular weight excluding hydrogens is 390 g/mol. The smallest absolute Gasteiger partial charge is 0.213 e. The number of anilines is 1. The van der Waals surface area contributed by atoms with Gasteiger partial charge in [-0.3, -0.25) is 4.40 Å². The van der Waals surface area contributed by atoms with Crippen LogP contribution in [-0.2, 0) is 6.54 Å². The molecule has 4 heterocycles. The van der Waals surface area contributed by atoms with Gasteiger partial charge in [-0.15, -0.1) is 10.2 Å². The maximum Gasteiger partial charge on any atom is 0.213 e. The van der Waals surface area contributed by atoms with Crippen LogP contribution in [-0.4, -0.2) is 30.7 Å². The van der Waals surface area contributed by atoms with Crippen molar-refractivity contribution in [1.82, 2.24) is 24.6 Å². The Labute approximate surface area is 169 Å². The number of nitrogens with one attached hydrogen (secondary N) is 1. The summed E-state index contributed by atoms with van der Waals surface area (Å²) in [6, 6.07) is 6.08. The van der Waals surface area contributed by atoms with Crippen molar-refractivity contribution >= 4 is 11.6 Å². The zero-order valence-corrected chi connectivity index (χ0v) is 15.9. The predicted molar refractivity (Wildman–Crippen MR) is 104 cm³/mol. The fourth-order valence-electron chi connectivity index (χ4n) is 4.20. The summed E-state index contributed by atoms with van der Waals surface area (Å²) < 4.78 is 35.5. The summed E-state index contributed by atoms with van der Waals surface area (Å²) in [7, 11) is 0. The second-order valence-electron chi connectivity index (χ2n) is 7.58. The Morgan fingerprint density at radius 3 is 2.97 bits per heavy atom. The minimum atomic E-state index is -0.542. The van der Waals surface area contributed by atoms with E-state index >= 15 is 0 Å². The van der Waals surface area contributed by atoms with E-state index in [2.05, 4.69) is 25.5 Å². The van der Waals surface area contributed by atoms with Gasteiger partial charge in [0.25, 0.3) is 0 Å². The molecule has 1 aliphatic heterocycles. The third kappa shape index (κ3) is 2.54. The van der Waals surface area contributed by atoms with Crippen LogP contribution in [0.2, 0.25) is 0 Å². The molecule has 1 aromatic carbocycles. The van der Waals surface area contributed by atoms with Crippen LogP contribution < -0.4 is 10.1 Å². The van der Waals surface area contributed by atoms with Gasteiger partial charge in [-0.05, 0) is 37.6 Å². The minimum absolute atomic E-state index is 0.190. The van der Waals surface area contributed by atoms with Gasteiger partial charge in [0.15, 0.2) is 5.65 Å². The number of halogens is 2. The van der Waals surface area contributed by atoms with E-state index in [0.29, 0.717) is 28.4 Å². The summed E-state index contributed by atoms with van der Waals surface area (Å²) in [5, 5.41) is 11.4. The number of rotatable bonds is 4. The number of hydrogen-bond acceptors (Lipinski definition) is 6. The van der Waals surface area contributed by atoms with E-state index in [4.69, 9.17) is 4.74 Å². The number of fused-ring (bicyclic) bond motifs is 4. The van der Waals surface area contributed by atoms with Gasteiger partial charge in [0, 0.05) is 46.6 Å². The first kappa shape index (κ1) is 17.3. The van der Waals surface area contributed by atoms with Crippen LogP contribution in [0.15, 0.2) is 36.8 Å². The quantitative estimate of drug-likeness (QED) is 0.522. The van der Waals surface area contributed by atoms with Crippen molar-refractivity contribution in [3.63, 3.8) is 0 Å². The average Bonchev–Trinajstić information content (AvgIpc) is 3.15. The Hall–Kier alpha value is -3.62. The number of pyridine rings is 1. The molecule has 0 bridgehead atoms. The van der Waals surface area contributed by atoms with Crippen molar-refractivity contribution < 1.29 is 13.5 Å². The normalized spacial score (nSPS) is 18.8. The minimum Gasteiger partial charge on any atom is -0.489 e. The van der Waals surface area contributed by atoms with Crippen LogP contribution in [0, 0.1) is 18.7 Å². The lowest BCUT2D eigenvalue weighted by Crippen LogP contribution is -2.10. The highest BCUT2D eigenvalue weighted by atomic mass is 19.1. The Balaban J connectivity index is 1.36.